The van der Waals surface area contributed by atoms with Gasteiger partial charge in [0.1, 0.15) is 7.05 Å². The molecule has 4 heteroatoms. The van der Waals surface area contributed by atoms with Crippen LogP contribution in [-0.4, -0.2) is 13.1 Å². The van der Waals surface area contributed by atoms with Gasteiger partial charge in [0.15, 0.2) is 0 Å². The van der Waals surface area contributed by atoms with Gasteiger partial charge in [-0.05, 0) is 36.6 Å². The van der Waals surface area contributed by atoms with Gasteiger partial charge >= 0.3 is 5.97 Å². The third-order valence-corrected chi connectivity index (χ3v) is 4.34. The minimum absolute atomic E-state index is 0. The Morgan fingerprint density at radius 1 is 1.09 bits per heavy atom. The summed E-state index contributed by atoms with van der Waals surface area (Å²) < 4.78 is 6.94. The average molecular weight is 421 g/mol. The summed E-state index contributed by atoms with van der Waals surface area (Å²) in [5, 5.41) is 2.51. The van der Waals surface area contributed by atoms with Gasteiger partial charge < -0.3 is 28.7 Å². The van der Waals surface area contributed by atoms with E-state index in [1.807, 2.05) is 0 Å². The van der Waals surface area contributed by atoms with E-state index >= 15 is 0 Å². The summed E-state index contributed by atoms with van der Waals surface area (Å²) in [5.74, 6) is -0.166. The topological polar surface area (TPSA) is 30.2 Å². The first-order valence-corrected chi connectivity index (χ1v) is 7.48. The quantitative estimate of drug-likeness (QED) is 0.263. The first kappa shape index (κ1) is 17.7. The van der Waals surface area contributed by atoms with E-state index in [-0.39, 0.29) is 29.9 Å². The zero-order valence-corrected chi connectivity index (χ0v) is 15.8. The van der Waals surface area contributed by atoms with Crippen LogP contribution in [0.15, 0.2) is 42.5 Å². The van der Waals surface area contributed by atoms with Gasteiger partial charge in [-0.15, -0.1) is 0 Å². The summed E-state index contributed by atoms with van der Waals surface area (Å²) in [5.41, 5.74) is 4.88. The van der Waals surface area contributed by atoms with Crippen molar-refractivity contribution in [2.75, 3.05) is 7.11 Å². The Balaban J connectivity index is 0.00000192. The Morgan fingerprint density at radius 3 is 2.52 bits per heavy atom. The fourth-order valence-corrected chi connectivity index (χ4v) is 3.04. The molecule has 0 aliphatic heterocycles. The van der Waals surface area contributed by atoms with E-state index in [1.54, 1.807) is 0 Å². The highest BCUT2D eigenvalue weighted by Gasteiger charge is 2.15. The third-order valence-electron chi connectivity index (χ3n) is 4.34. The summed E-state index contributed by atoms with van der Waals surface area (Å²) in [7, 11) is 3.53. The van der Waals surface area contributed by atoms with E-state index in [1.165, 1.54) is 34.5 Å². The van der Waals surface area contributed by atoms with Crippen LogP contribution in [0.3, 0.4) is 0 Å². The molecule has 0 N–H and O–H groups in total. The Kier molecular flexibility index (Phi) is 5.57. The van der Waals surface area contributed by atoms with Gasteiger partial charge in [-0.3, -0.25) is 4.79 Å². The second-order valence-corrected chi connectivity index (χ2v) is 5.63. The molecule has 0 saturated heterocycles. The number of aromatic nitrogens is 1. The Morgan fingerprint density at radius 2 is 1.78 bits per heavy atom. The first-order chi connectivity index (χ1) is 10.6. The summed E-state index contributed by atoms with van der Waals surface area (Å²) in [4.78, 5) is 11.3. The SMILES string of the molecule is COC(=O)CCc1ccc2c(c1)c(C)c1ccccc1[n+]2C.[I-]. The molecular weight excluding hydrogens is 401 g/mol. The van der Waals surface area contributed by atoms with E-state index in [0.29, 0.717) is 12.8 Å². The molecule has 120 valence electrons. The molecule has 2 aromatic carbocycles. The number of carbonyl (C=O) groups is 1. The number of hydrogen-bond donors (Lipinski definition) is 0. The van der Waals surface area contributed by atoms with E-state index in [9.17, 15) is 4.79 Å². The molecule has 0 atom stereocenters. The van der Waals surface area contributed by atoms with Crippen molar-refractivity contribution in [1.29, 1.82) is 0 Å². The van der Waals surface area contributed by atoms with Crippen molar-refractivity contribution in [3.63, 3.8) is 0 Å². The van der Waals surface area contributed by atoms with Gasteiger partial charge in [-0.1, -0.05) is 18.2 Å². The maximum Gasteiger partial charge on any atom is 0.305 e. The Hall–Kier alpha value is -1.69. The van der Waals surface area contributed by atoms with Gasteiger partial charge in [0.2, 0.25) is 11.0 Å². The average Bonchev–Trinajstić information content (AvgIpc) is 2.57. The number of nitrogens with zero attached hydrogens (tertiary/aromatic N) is 1. The number of halogens is 1. The fourth-order valence-electron chi connectivity index (χ4n) is 3.04. The van der Waals surface area contributed by atoms with E-state index in [2.05, 4.69) is 61.0 Å². The highest BCUT2D eigenvalue weighted by Crippen LogP contribution is 2.25. The Bertz CT molecular complexity index is 874. The number of aryl methyl sites for hydroxylation is 3. The molecule has 3 aromatic rings. The van der Waals surface area contributed by atoms with Crippen molar-refractivity contribution in [2.24, 2.45) is 7.05 Å². The van der Waals surface area contributed by atoms with Crippen LogP contribution in [-0.2, 0) is 23.0 Å². The summed E-state index contributed by atoms with van der Waals surface area (Å²) in [6, 6.07) is 14.9. The number of benzene rings is 2. The standard InChI is InChI=1S/C19H20NO2.HI/c1-13-15-6-4-5-7-17(15)20(2)18-10-8-14(12-16(13)18)9-11-19(21)22-3;/h4-8,10,12H,9,11H2,1-3H3;1H/q+1;/p-1. The molecular formula is C19H20INO2. The Labute approximate surface area is 153 Å². The number of pyridine rings is 1. The molecule has 3 nitrogen and oxygen atoms in total. The van der Waals surface area contributed by atoms with Crippen LogP contribution >= 0.6 is 0 Å². The van der Waals surface area contributed by atoms with Gasteiger partial charge in [0.25, 0.3) is 0 Å². The number of rotatable bonds is 3. The second-order valence-electron chi connectivity index (χ2n) is 5.63. The predicted octanol–water partition coefficient (Wildman–Crippen LogP) is 0.236. The zero-order chi connectivity index (χ0) is 15.7. The van der Waals surface area contributed by atoms with E-state index < -0.39 is 0 Å². The number of ether oxygens (including phenoxy) is 1. The van der Waals surface area contributed by atoms with Gasteiger partial charge in [0.05, 0.1) is 12.5 Å². The fraction of sp³-hybridized carbons (Fsp3) is 0.263. The molecule has 1 heterocycles. The van der Waals surface area contributed by atoms with Crippen molar-refractivity contribution < 1.29 is 38.1 Å². The minimum Gasteiger partial charge on any atom is -1.00 e. The van der Waals surface area contributed by atoms with Crippen LogP contribution in [0.25, 0.3) is 21.8 Å². The molecule has 1 aromatic heterocycles. The normalized spacial score (nSPS) is 10.6. The molecule has 0 spiro atoms. The van der Waals surface area contributed by atoms with Crippen LogP contribution in [0.5, 0.6) is 0 Å². The number of carbonyl (C=O) groups excluding carboxylic acids is 1. The molecule has 0 aliphatic rings. The van der Waals surface area contributed by atoms with Gasteiger partial charge in [0, 0.05) is 23.9 Å². The minimum atomic E-state index is -0.166. The van der Waals surface area contributed by atoms with Crippen LogP contribution in [0.1, 0.15) is 17.5 Å². The monoisotopic (exact) mass is 421 g/mol. The van der Waals surface area contributed by atoms with Crippen molar-refractivity contribution >= 4 is 27.8 Å². The van der Waals surface area contributed by atoms with Gasteiger partial charge in [-0.25, -0.2) is 0 Å². The molecule has 0 saturated carbocycles. The smallest absolute Gasteiger partial charge is 0.305 e. The molecule has 0 amide bonds. The summed E-state index contributed by atoms with van der Waals surface area (Å²) in [6.45, 7) is 2.16. The van der Waals surface area contributed by atoms with E-state index in [0.717, 1.165) is 5.56 Å². The number of methoxy groups -OCH3 is 1. The molecule has 0 bridgehead atoms. The molecule has 0 fully saturated rings. The van der Waals surface area contributed by atoms with Crippen LogP contribution < -0.4 is 28.5 Å². The van der Waals surface area contributed by atoms with Crippen LogP contribution in [0.4, 0.5) is 0 Å². The molecule has 0 aliphatic carbocycles. The summed E-state index contributed by atoms with van der Waals surface area (Å²) >= 11 is 0. The molecule has 0 radical (unpaired) electrons. The zero-order valence-electron chi connectivity index (χ0n) is 13.6. The van der Waals surface area contributed by atoms with Crippen molar-refractivity contribution in [2.45, 2.75) is 19.8 Å². The largest absolute Gasteiger partial charge is 1.00 e. The number of para-hydroxylation sites is 1. The molecule has 0 unspecified atom stereocenters. The highest BCUT2D eigenvalue weighted by atomic mass is 127. The maximum absolute atomic E-state index is 11.3. The lowest BCUT2D eigenvalue weighted by molar-refractivity contribution is -0.617. The van der Waals surface area contributed by atoms with Gasteiger partial charge in [-0.2, -0.15) is 4.57 Å². The number of hydrogen-bond acceptors (Lipinski definition) is 2. The molecule has 23 heavy (non-hydrogen) atoms. The molecule has 3 rings (SSSR count). The maximum atomic E-state index is 11.3. The van der Waals surface area contributed by atoms with Crippen molar-refractivity contribution in [1.82, 2.24) is 0 Å². The lowest BCUT2D eigenvalue weighted by Gasteiger charge is -2.08. The summed E-state index contributed by atoms with van der Waals surface area (Å²) in [6.07, 6.45) is 1.12. The lowest BCUT2D eigenvalue weighted by atomic mass is 10.00. The van der Waals surface area contributed by atoms with Crippen LogP contribution in [0.2, 0.25) is 0 Å². The van der Waals surface area contributed by atoms with Crippen molar-refractivity contribution in [3.8, 4) is 0 Å². The highest BCUT2D eigenvalue weighted by molar-refractivity contribution is 5.93. The van der Waals surface area contributed by atoms with E-state index in [4.69, 9.17) is 4.74 Å². The first-order valence-electron chi connectivity index (χ1n) is 7.48. The number of esters is 1. The number of fused-ring (bicyclic) bond motifs is 2. The third kappa shape index (κ3) is 3.32. The van der Waals surface area contributed by atoms with Crippen LogP contribution in [0, 0.1) is 6.92 Å². The van der Waals surface area contributed by atoms with Crippen molar-refractivity contribution in [3.05, 3.63) is 53.6 Å². The predicted molar refractivity (Wildman–Crippen MR) is 87.7 cm³/mol. The lowest BCUT2D eigenvalue weighted by Crippen LogP contribution is -3.00. The second kappa shape index (κ2) is 7.25.